The lowest BCUT2D eigenvalue weighted by molar-refractivity contribution is 0.102. The van der Waals surface area contributed by atoms with Gasteiger partial charge in [0.25, 0.3) is 0 Å². The third kappa shape index (κ3) is 1.70. The Balaban J connectivity index is 2.33. The molecule has 0 fully saturated rings. The Morgan fingerprint density at radius 2 is 2.00 bits per heavy atom. The zero-order valence-electron chi connectivity index (χ0n) is 7.49. The second-order valence-electron chi connectivity index (χ2n) is 2.93. The molecule has 0 aromatic heterocycles. The molecule has 0 saturated carbocycles. The zero-order chi connectivity index (χ0) is 9.97. The van der Waals surface area contributed by atoms with Crippen LogP contribution in [0.25, 0.3) is 0 Å². The van der Waals surface area contributed by atoms with Crippen molar-refractivity contribution >= 4 is 18.4 Å². The van der Waals surface area contributed by atoms with Crippen LogP contribution in [0.5, 0.6) is 11.5 Å². The lowest BCUT2D eigenvalue weighted by atomic mass is 10.1. The van der Waals surface area contributed by atoms with Crippen molar-refractivity contribution in [3.8, 4) is 11.5 Å². The Labute approximate surface area is 87.4 Å². The fourth-order valence-electron chi connectivity index (χ4n) is 1.30. The van der Waals surface area contributed by atoms with Crippen LogP contribution in [0.3, 0.4) is 0 Å². The Kier molecular flexibility index (Phi) is 2.63. The van der Waals surface area contributed by atoms with Crippen molar-refractivity contribution in [2.75, 3.05) is 19.0 Å². The molecule has 0 aliphatic carbocycles. The van der Waals surface area contributed by atoms with Gasteiger partial charge < -0.3 is 9.47 Å². The van der Waals surface area contributed by atoms with E-state index >= 15 is 0 Å². The average Bonchev–Trinajstić information content (AvgIpc) is 2.27. The van der Waals surface area contributed by atoms with Crippen LogP contribution in [0, 0.1) is 0 Å². The van der Waals surface area contributed by atoms with Crippen molar-refractivity contribution in [1.82, 2.24) is 0 Å². The standard InChI is InChI=1S/C10H9O3S/c11-8(6-14)7-1-2-9-10(5-7)13-4-3-12-9/h1-2,5H,3-4,6H2. The van der Waals surface area contributed by atoms with Gasteiger partial charge in [0, 0.05) is 5.56 Å². The summed E-state index contributed by atoms with van der Waals surface area (Å²) in [7, 11) is 0. The molecule has 1 radical (unpaired) electrons. The highest BCUT2D eigenvalue weighted by Gasteiger charge is 2.13. The molecule has 1 aromatic carbocycles. The summed E-state index contributed by atoms with van der Waals surface area (Å²) < 4.78 is 10.7. The lowest BCUT2D eigenvalue weighted by Gasteiger charge is -2.18. The lowest BCUT2D eigenvalue weighted by Crippen LogP contribution is -2.15. The van der Waals surface area contributed by atoms with Crippen LogP contribution in [-0.2, 0) is 0 Å². The molecule has 2 rings (SSSR count). The minimum Gasteiger partial charge on any atom is -0.486 e. The molecule has 73 valence electrons. The van der Waals surface area contributed by atoms with Crippen molar-refractivity contribution in [2.24, 2.45) is 0 Å². The van der Waals surface area contributed by atoms with Gasteiger partial charge in [-0.3, -0.25) is 4.79 Å². The van der Waals surface area contributed by atoms with E-state index in [9.17, 15) is 4.79 Å². The highest BCUT2D eigenvalue weighted by molar-refractivity contribution is 7.81. The number of carbonyl (C=O) groups is 1. The van der Waals surface area contributed by atoms with E-state index in [2.05, 4.69) is 12.6 Å². The van der Waals surface area contributed by atoms with Crippen LogP contribution in [0.4, 0.5) is 0 Å². The number of Topliss-reactive ketones (excluding diaryl/α,β-unsaturated/α-hetero) is 1. The number of hydrogen-bond acceptors (Lipinski definition) is 3. The molecular formula is C10H9O3S. The third-order valence-electron chi connectivity index (χ3n) is 2.00. The van der Waals surface area contributed by atoms with E-state index in [1.807, 2.05) is 0 Å². The summed E-state index contributed by atoms with van der Waals surface area (Å²) in [4.78, 5) is 11.3. The van der Waals surface area contributed by atoms with E-state index in [4.69, 9.17) is 9.47 Å². The van der Waals surface area contributed by atoms with Gasteiger partial charge in [-0.05, 0) is 18.2 Å². The Morgan fingerprint density at radius 1 is 1.29 bits per heavy atom. The molecule has 1 aliphatic rings. The minimum atomic E-state index is -0.0584. The van der Waals surface area contributed by atoms with Crippen molar-refractivity contribution in [3.63, 3.8) is 0 Å². The first kappa shape index (κ1) is 9.40. The predicted octanol–water partition coefficient (Wildman–Crippen LogP) is 1.84. The number of hydrogen-bond donors (Lipinski definition) is 0. The van der Waals surface area contributed by atoms with E-state index in [0.717, 1.165) is 0 Å². The normalized spacial score (nSPS) is 13.8. The third-order valence-corrected chi connectivity index (χ3v) is 2.26. The van der Waals surface area contributed by atoms with E-state index in [1.54, 1.807) is 18.2 Å². The number of fused-ring (bicyclic) bond motifs is 1. The summed E-state index contributed by atoms with van der Waals surface area (Å²) in [5.74, 6) is 1.36. The quantitative estimate of drug-likeness (QED) is 0.697. The summed E-state index contributed by atoms with van der Waals surface area (Å²) in [6.45, 7) is 1.08. The zero-order valence-corrected chi connectivity index (χ0v) is 8.30. The monoisotopic (exact) mass is 209 g/mol. The number of ether oxygens (including phenoxy) is 2. The Bertz CT molecular complexity index is 362. The SMILES string of the molecule is O=C(C[S])c1ccc2c(c1)OCCO2. The highest BCUT2D eigenvalue weighted by Crippen LogP contribution is 2.30. The fraction of sp³-hybridized carbons (Fsp3) is 0.300. The van der Waals surface area contributed by atoms with Crippen molar-refractivity contribution in [1.29, 1.82) is 0 Å². The Morgan fingerprint density at radius 3 is 2.71 bits per heavy atom. The topological polar surface area (TPSA) is 35.5 Å². The number of ketones is 1. The first-order chi connectivity index (χ1) is 6.81. The largest absolute Gasteiger partial charge is 0.486 e. The van der Waals surface area contributed by atoms with E-state index < -0.39 is 0 Å². The van der Waals surface area contributed by atoms with Crippen LogP contribution < -0.4 is 9.47 Å². The van der Waals surface area contributed by atoms with Crippen molar-refractivity contribution in [3.05, 3.63) is 23.8 Å². The van der Waals surface area contributed by atoms with Crippen LogP contribution in [-0.4, -0.2) is 24.7 Å². The molecule has 1 heterocycles. The fourth-order valence-corrected chi connectivity index (χ4v) is 1.47. The van der Waals surface area contributed by atoms with E-state index in [0.29, 0.717) is 30.3 Å². The molecule has 0 N–H and O–H groups in total. The van der Waals surface area contributed by atoms with Gasteiger partial charge in [-0.1, -0.05) is 12.6 Å². The molecule has 0 saturated heterocycles. The van der Waals surface area contributed by atoms with Gasteiger partial charge in [0.2, 0.25) is 0 Å². The summed E-state index contributed by atoms with van der Waals surface area (Å²) in [6, 6.07) is 5.14. The summed E-state index contributed by atoms with van der Waals surface area (Å²) in [6.07, 6.45) is 0. The van der Waals surface area contributed by atoms with Gasteiger partial charge in [0.05, 0.1) is 5.75 Å². The summed E-state index contributed by atoms with van der Waals surface area (Å²) in [5.41, 5.74) is 0.587. The maximum atomic E-state index is 11.3. The number of carbonyl (C=O) groups excluding carboxylic acids is 1. The van der Waals surface area contributed by atoms with Gasteiger partial charge in [-0.2, -0.15) is 0 Å². The maximum Gasteiger partial charge on any atom is 0.173 e. The summed E-state index contributed by atoms with van der Waals surface area (Å²) in [5, 5.41) is 0. The molecule has 4 heteroatoms. The molecule has 1 aromatic rings. The predicted molar refractivity (Wildman–Crippen MR) is 54.2 cm³/mol. The van der Waals surface area contributed by atoms with E-state index in [1.165, 1.54) is 0 Å². The van der Waals surface area contributed by atoms with Crippen molar-refractivity contribution in [2.45, 2.75) is 0 Å². The van der Waals surface area contributed by atoms with Gasteiger partial charge in [0.1, 0.15) is 13.2 Å². The van der Waals surface area contributed by atoms with Gasteiger partial charge in [-0.25, -0.2) is 0 Å². The average molecular weight is 209 g/mol. The summed E-state index contributed by atoms with van der Waals surface area (Å²) >= 11 is 4.69. The van der Waals surface area contributed by atoms with Crippen LogP contribution in [0.1, 0.15) is 10.4 Å². The minimum absolute atomic E-state index is 0.0584. The van der Waals surface area contributed by atoms with Crippen LogP contribution in [0.15, 0.2) is 18.2 Å². The maximum absolute atomic E-state index is 11.3. The molecule has 0 atom stereocenters. The number of rotatable bonds is 2. The van der Waals surface area contributed by atoms with Crippen LogP contribution in [0.2, 0.25) is 0 Å². The second-order valence-corrected chi connectivity index (χ2v) is 3.21. The van der Waals surface area contributed by atoms with E-state index in [-0.39, 0.29) is 11.5 Å². The number of benzene rings is 1. The van der Waals surface area contributed by atoms with Gasteiger partial charge in [0.15, 0.2) is 17.3 Å². The smallest absolute Gasteiger partial charge is 0.173 e. The molecule has 14 heavy (non-hydrogen) atoms. The Hall–Kier alpha value is -1.16. The molecule has 1 aliphatic heterocycles. The first-order valence-electron chi connectivity index (χ1n) is 4.32. The molecule has 0 amide bonds. The molecule has 0 unspecified atom stereocenters. The molecule has 0 spiro atoms. The first-order valence-corrected chi connectivity index (χ1v) is 4.90. The highest BCUT2D eigenvalue weighted by atomic mass is 32.1. The van der Waals surface area contributed by atoms with Gasteiger partial charge in [-0.15, -0.1) is 0 Å². The van der Waals surface area contributed by atoms with Gasteiger partial charge >= 0.3 is 0 Å². The van der Waals surface area contributed by atoms with Crippen molar-refractivity contribution < 1.29 is 14.3 Å². The van der Waals surface area contributed by atoms with Crippen LogP contribution >= 0.6 is 12.6 Å². The second kappa shape index (κ2) is 3.92. The molecular weight excluding hydrogens is 200 g/mol. The molecule has 3 nitrogen and oxygen atoms in total. The molecule has 0 bridgehead atoms.